The van der Waals surface area contributed by atoms with Crippen molar-refractivity contribution in [2.75, 3.05) is 26.4 Å². The molecule has 0 saturated carbocycles. The lowest BCUT2D eigenvalue weighted by molar-refractivity contribution is 0.0796. The summed E-state index contributed by atoms with van der Waals surface area (Å²) in [5.41, 5.74) is 6.75. The second-order valence-corrected chi connectivity index (χ2v) is 3.65. The van der Waals surface area contributed by atoms with Crippen LogP contribution in [0.4, 0.5) is 5.69 Å². The maximum absolute atomic E-state index is 12.0. The summed E-state index contributed by atoms with van der Waals surface area (Å²) in [7, 11) is 3.31. The first-order chi connectivity index (χ1) is 7.61. The molecule has 1 aromatic carbocycles. The van der Waals surface area contributed by atoms with Crippen LogP contribution >= 0.6 is 0 Å². The van der Waals surface area contributed by atoms with Gasteiger partial charge < -0.3 is 15.4 Å². The Labute approximate surface area is 96.0 Å². The van der Waals surface area contributed by atoms with Crippen molar-refractivity contribution in [1.29, 1.82) is 0 Å². The number of amides is 1. The standard InChI is InChI=1S/C12H18N2O2/c1-4-8-14(2)12(15)9-6-5-7-10(16-3)11(9)13/h5-7H,4,8,13H2,1-3H3. The molecule has 0 fully saturated rings. The van der Waals surface area contributed by atoms with E-state index >= 15 is 0 Å². The van der Waals surface area contributed by atoms with E-state index < -0.39 is 0 Å². The van der Waals surface area contributed by atoms with Crippen LogP contribution in [0.2, 0.25) is 0 Å². The molecule has 1 rings (SSSR count). The Morgan fingerprint density at radius 1 is 1.50 bits per heavy atom. The number of carbonyl (C=O) groups excluding carboxylic acids is 1. The molecule has 0 aliphatic carbocycles. The Bertz CT molecular complexity index is 377. The number of hydrogen-bond acceptors (Lipinski definition) is 3. The zero-order valence-electron chi connectivity index (χ0n) is 9.99. The van der Waals surface area contributed by atoms with Gasteiger partial charge in [0.05, 0.1) is 18.4 Å². The molecule has 0 saturated heterocycles. The van der Waals surface area contributed by atoms with Crippen molar-refractivity contribution < 1.29 is 9.53 Å². The summed E-state index contributed by atoms with van der Waals surface area (Å²) < 4.78 is 5.08. The summed E-state index contributed by atoms with van der Waals surface area (Å²) in [4.78, 5) is 13.7. The van der Waals surface area contributed by atoms with E-state index in [-0.39, 0.29) is 5.91 Å². The largest absolute Gasteiger partial charge is 0.495 e. The van der Waals surface area contributed by atoms with Crippen LogP contribution in [-0.2, 0) is 0 Å². The van der Waals surface area contributed by atoms with Crippen molar-refractivity contribution in [2.45, 2.75) is 13.3 Å². The molecule has 0 aromatic heterocycles. The highest BCUT2D eigenvalue weighted by Gasteiger charge is 2.16. The molecule has 0 bridgehead atoms. The minimum absolute atomic E-state index is 0.0711. The van der Waals surface area contributed by atoms with E-state index in [1.165, 1.54) is 7.11 Å². The van der Waals surface area contributed by atoms with Gasteiger partial charge in [-0.2, -0.15) is 0 Å². The van der Waals surface area contributed by atoms with Crippen molar-refractivity contribution in [2.24, 2.45) is 0 Å². The van der Waals surface area contributed by atoms with Crippen molar-refractivity contribution in [3.05, 3.63) is 23.8 Å². The number of benzene rings is 1. The van der Waals surface area contributed by atoms with Gasteiger partial charge in [-0.1, -0.05) is 13.0 Å². The number of nitrogen functional groups attached to an aromatic ring is 1. The smallest absolute Gasteiger partial charge is 0.255 e. The van der Waals surface area contributed by atoms with Crippen molar-refractivity contribution >= 4 is 11.6 Å². The quantitative estimate of drug-likeness (QED) is 0.790. The van der Waals surface area contributed by atoms with Crippen LogP contribution in [0.5, 0.6) is 5.75 Å². The van der Waals surface area contributed by atoms with E-state index in [1.54, 1.807) is 30.1 Å². The SMILES string of the molecule is CCCN(C)C(=O)c1cccc(OC)c1N. The van der Waals surface area contributed by atoms with Gasteiger partial charge in [0.2, 0.25) is 0 Å². The molecule has 0 spiro atoms. The lowest BCUT2D eigenvalue weighted by Gasteiger charge is -2.18. The molecule has 2 N–H and O–H groups in total. The first-order valence-corrected chi connectivity index (χ1v) is 5.29. The monoisotopic (exact) mass is 222 g/mol. The number of para-hydroxylation sites is 1. The summed E-state index contributed by atoms with van der Waals surface area (Å²) >= 11 is 0. The lowest BCUT2D eigenvalue weighted by atomic mass is 10.1. The fourth-order valence-corrected chi connectivity index (χ4v) is 1.55. The fourth-order valence-electron chi connectivity index (χ4n) is 1.55. The molecule has 0 unspecified atom stereocenters. The van der Waals surface area contributed by atoms with Gasteiger partial charge in [-0.25, -0.2) is 0 Å². The van der Waals surface area contributed by atoms with Crippen molar-refractivity contribution in [3.63, 3.8) is 0 Å². The molecular formula is C12H18N2O2. The first-order valence-electron chi connectivity index (χ1n) is 5.29. The summed E-state index contributed by atoms with van der Waals surface area (Å²) in [5.74, 6) is 0.467. The lowest BCUT2D eigenvalue weighted by Crippen LogP contribution is -2.28. The van der Waals surface area contributed by atoms with Crippen LogP contribution in [0, 0.1) is 0 Å². The molecule has 4 heteroatoms. The average Bonchev–Trinajstić information content (AvgIpc) is 2.29. The van der Waals surface area contributed by atoms with Gasteiger partial charge in [0, 0.05) is 13.6 Å². The Morgan fingerprint density at radius 3 is 2.75 bits per heavy atom. The van der Waals surface area contributed by atoms with Gasteiger partial charge in [-0.15, -0.1) is 0 Å². The van der Waals surface area contributed by atoms with Crippen LogP contribution in [0.15, 0.2) is 18.2 Å². The number of nitrogens with two attached hydrogens (primary N) is 1. The molecule has 88 valence electrons. The van der Waals surface area contributed by atoms with E-state index in [0.29, 0.717) is 17.0 Å². The predicted octanol–water partition coefficient (Wildman–Crippen LogP) is 1.76. The molecule has 1 amide bonds. The highest BCUT2D eigenvalue weighted by molar-refractivity contribution is 6.00. The van der Waals surface area contributed by atoms with Gasteiger partial charge in [-0.3, -0.25) is 4.79 Å². The van der Waals surface area contributed by atoms with Crippen LogP contribution in [0.1, 0.15) is 23.7 Å². The highest BCUT2D eigenvalue weighted by atomic mass is 16.5. The Kier molecular flexibility index (Phi) is 4.17. The third-order valence-corrected chi connectivity index (χ3v) is 2.42. The Morgan fingerprint density at radius 2 is 2.19 bits per heavy atom. The topological polar surface area (TPSA) is 55.6 Å². The Hall–Kier alpha value is -1.71. The fraction of sp³-hybridized carbons (Fsp3) is 0.417. The van der Waals surface area contributed by atoms with E-state index in [9.17, 15) is 4.79 Å². The minimum Gasteiger partial charge on any atom is -0.495 e. The third kappa shape index (κ3) is 2.45. The maximum atomic E-state index is 12.0. The van der Waals surface area contributed by atoms with Crippen molar-refractivity contribution in [1.82, 2.24) is 4.90 Å². The van der Waals surface area contributed by atoms with E-state index in [1.807, 2.05) is 6.92 Å². The highest BCUT2D eigenvalue weighted by Crippen LogP contribution is 2.25. The molecular weight excluding hydrogens is 204 g/mol. The maximum Gasteiger partial charge on any atom is 0.255 e. The van der Waals surface area contributed by atoms with Crippen LogP contribution in [0.3, 0.4) is 0 Å². The van der Waals surface area contributed by atoms with Gasteiger partial charge in [-0.05, 0) is 18.6 Å². The van der Waals surface area contributed by atoms with Crippen LogP contribution in [0.25, 0.3) is 0 Å². The van der Waals surface area contributed by atoms with Gasteiger partial charge >= 0.3 is 0 Å². The summed E-state index contributed by atoms with van der Waals surface area (Å²) in [5, 5.41) is 0. The van der Waals surface area contributed by atoms with E-state index in [2.05, 4.69) is 0 Å². The summed E-state index contributed by atoms with van der Waals surface area (Å²) in [6.45, 7) is 2.74. The Balaban J connectivity index is 2.99. The summed E-state index contributed by atoms with van der Waals surface area (Å²) in [6, 6.07) is 5.22. The zero-order valence-corrected chi connectivity index (χ0v) is 9.99. The number of hydrogen-bond donors (Lipinski definition) is 1. The number of ether oxygens (including phenoxy) is 1. The molecule has 0 heterocycles. The minimum atomic E-state index is -0.0711. The van der Waals surface area contributed by atoms with Gasteiger partial charge in [0.25, 0.3) is 5.91 Å². The molecule has 0 aliphatic rings. The molecule has 0 radical (unpaired) electrons. The normalized spacial score (nSPS) is 9.94. The third-order valence-electron chi connectivity index (χ3n) is 2.42. The predicted molar refractivity (Wildman–Crippen MR) is 64.7 cm³/mol. The molecule has 0 aliphatic heterocycles. The molecule has 1 aromatic rings. The second kappa shape index (κ2) is 5.39. The van der Waals surface area contributed by atoms with Crippen LogP contribution < -0.4 is 10.5 Å². The van der Waals surface area contributed by atoms with E-state index in [0.717, 1.165) is 13.0 Å². The number of rotatable bonds is 4. The van der Waals surface area contributed by atoms with Crippen LogP contribution in [-0.4, -0.2) is 31.5 Å². The van der Waals surface area contributed by atoms with Gasteiger partial charge in [0.1, 0.15) is 5.75 Å². The first kappa shape index (κ1) is 12.4. The summed E-state index contributed by atoms with van der Waals surface area (Å²) in [6.07, 6.45) is 0.923. The van der Waals surface area contributed by atoms with Crippen molar-refractivity contribution in [3.8, 4) is 5.75 Å². The number of methoxy groups -OCH3 is 1. The molecule has 4 nitrogen and oxygen atoms in total. The van der Waals surface area contributed by atoms with E-state index in [4.69, 9.17) is 10.5 Å². The average molecular weight is 222 g/mol. The zero-order chi connectivity index (χ0) is 12.1. The number of anilines is 1. The van der Waals surface area contributed by atoms with Gasteiger partial charge in [0.15, 0.2) is 0 Å². The number of nitrogens with zero attached hydrogens (tertiary/aromatic N) is 1. The molecule has 16 heavy (non-hydrogen) atoms. The molecule has 0 atom stereocenters. The second-order valence-electron chi connectivity index (χ2n) is 3.65. The number of carbonyl (C=O) groups is 1.